The summed E-state index contributed by atoms with van der Waals surface area (Å²) in [4.78, 5) is 31.2. The highest BCUT2D eigenvalue weighted by atomic mass is 16.2. The first kappa shape index (κ1) is 21.1. The lowest BCUT2D eigenvalue weighted by molar-refractivity contribution is -0.117. The zero-order chi connectivity index (χ0) is 23.9. The van der Waals surface area contributed by atoms with E-state index < -0.39 is 11.9 Å². The molecule has 1 saturated heterocycles. The number of fused-ring (bicyclic) bond motifs is 1. The molecule has 0 spiro atoms. The van der Waals surface area contributed by atoms with Crippen molar-refractivity contribution in [2.45, 2.75) is 37.6 Å². The smallest absolute Gasteiger partial charge is 0.248 e. The van der Waals surface area contributed by atoms with Gasteiger partial charge in [0, 0.05) is 41.7 Å². The molecule has 11 heteroatoms. The molecule has 0 bridgehead atoms. The maximum Gasteiger partial charge on any atom is 0.248 e. The number of carbonyl (C=O) groups excluding carboxylic acids is 2. The van der Waals surface area contributed by atoms with E-state index in [9.17, 15) is 9.59 Å². The summed E-state index contributed by atoms with van der Waals surface area (Å²) in [5.41, 5.74) is 8.24. The maximum atomic E-state index is 13.1. The van der Waals surface area contributed by atoms with Gasteiger partial charge in [-0.3, -0.25) is 14.7 Å². The van der Waals surface area contributed by atoms with Crippen LogP contribution in [0.15, 0.2) is 48.7 Å². The van der Waals surface area contributed by atoms with E-state index >= 15 is 0 Å². The predicted octanol–water partition coefficient (Wildman–Crippen LogP) is 2.78. The minimum atomic E-state index is -0.509. The van der Waals surface area contributed by atoms with Crippen molar-refractivity contribution in [1.82, 2.24) is 24.8 Å². The van der Waals surface area contributed by atoms with Crippen LogP contribution in [0.3, 0.4) is 0 Å². The number of hydrogen-bond acceptors (Lipinski definition) is 7. The fourth-order valence-corrected chi connectivity index (χ4v) is 4.48. The van der Waals surface area contributed by atoms with Crippen LogP contribution in [0.4, 0.5) is 23.3 Å². The van der Waals surface area contributed by atoms with E-state index in [2.05, 4.69) is 25.9 Å². The first-order chi connectivity index (χ1) is 17.0. The van der Waals surface area contributed by atoms with E-state index in [-0.39, 0.29) is 5.91 Å². The van der Waals surface area contributed by atoms with Gasteiger partial charge in [0.2, 0.25) is 17.8 Å². The van der Waals surface area contributed by atoms with Gasteiger partial charge < -0.3 is 21.3 Å². The van der Waals surface area contributed by atoms with Crippen molar-refractivity contribution in [1.29, 1.82) is 0 Å². The van der Waals surface area contributed by atoms with Crippen molar-refractivity contribution in [3.05, 3.63) is 59.9 Å². The Hall–Kier alpha value is -4.41. The number of carbonyl (C=O) groups is 2. The molecule has 1 aliphatic heterocycles. The number of nitrogens with two attached hydrogens (primary N) is 1. The van der Waals surface area contributed by atoms with Crippen molar-refractivity contribution in [3.8, 4) is 0 Å². The molecule has 11 nitrogen and oxygen atoms in total. The van der Waals surface area contributed by atoms with E-state index in [0.717, 1.165) is 17.6 Å². The van der Waals surface area contributed by atoms with Crippen LogP contribution in [-0.2, 0) is 4.79 Å². The molecule has 2 amide bonds. The van der Waals surface area contributed by atoms with Crippen LogP contribution in [0.25, 0.3) is 5.52 Å². The average molecular weight is 472 g/mol. The summed E-state index contributed by atoms with van der Waals surface area (Å²) in [6.45, 7) is 0.666. The number of nitrogens with one attached hydrogen (secondary N) is 3. The van der Waals surface area contributed by atoms with Gasteiger partial charge in [-0.05, 0) is 62.1 Å². The van der Waals surface area contributed by atoms with E-state index in [1.807, 2.05) is 29.3 Å². The van der Waals surface area contributed by atoms with E-state index in [1.165, 1.54) is 12.8 Å². The number of anilines is 4. The van der Waals surface area contributed by atoms with Crippen LogP contribution in [0, 0.1) is 0 Å². The summed E-state index contributed by atoms with van der Waals surface area (Å²) in [7, 11) is 0. The number of aromatic amines is 1. The number of H-pyrrole nitrogens is 1. The quantitative estimate of drug-likeness (QED) is 0.324. The molecule has 2 aliphatic rings. The Morgan fingerprint density at radius 1 is 1.11 bits per heavy atom. The molecule has 178 valence electrons. The van der Waals surface area contributed by atoms with E-state index in [4.69, 9.17) is 10.7 Å². The highest BCUT2D eigenvalue weighted by Gasteiger charge is 2.33. The molecule has 0 radical (unpaired) electrons. The van der Waals surface area contributed by atoms with Crippen molar-refractivity contribution >= 4 is 40.6 Å². The molecule has 3 aromatic heterocycles. The van der Waals surface area contributed by atoms with Crippen molar-refractivity contribution in [2.75, 3.05) is 22.1 Å². The lowest BCUT2D eigenvalue weighted by atomic mass is 10.1. The largest absolute Gasteiger partial charge is 0.366 e. The Kier molecular flexibility index (Phi) is 5.09. The standard InChI is InChI=1S/C24H25N9O2/c25-21(34)15-7-9-16(10-8-15)26-23(35)19-4-1-11-32(19)24-28-22(18-3-2-12-33(18)31-24)27-20-13-17(29-30-20)14-5-6-14/h2-3,7-10,12-14,19H,1,4-6,11H2,(H2,25,34)(H,26,35)(H2,27,28,29,30,31). The number of aromatic nitrogens is 5. The summed E-state index contributed by atoms with van der Waals surface area (Å²) in [6, 6.07) is 12.0. The Bertz CT molecular complexity index is 1400. The molecule has 6 rings (SSSR count). The maximum absolute atomic E-state index is 13.1. The summed E-state index contributed by atoms with van der Waals surface area (Å²) >= 11 is 0. The monoisotopic (exact) mass is 471 g/mol. The molecule has 4 aromatic rings. The van der Waals surface area contributed by atoms with Gasteiger partial charge in [-0.1, -0.05) is 0 Å². The molecule has 1 aromatic carbocycles. The predicted molar refractivity (Wildman–Crippen MR) is 131 cm³/mol. The van der Waals surface area contributed by atoms with Gasteiger partial charge in [0.15, 0.2) is 11.6 Å². The Balaban J connectivity index is 1.24. The third kappa shape index (κ3) is 4.16. The third-order valence-electron chi connectivity index (χ3n) is 6.49. The van der Waals surface area contributed by atoms with E-state index in [1.54, 1.807) is 28.8 Å². The van der Waals surface area contributed by atoms with Crippen LogP contribution in [0.5, 0.6) is 0 Å². The van der Waals surface area contributed by atoms with Crippen molar-refractivity contribution in [3.63, 3.8) is 0 Å². The fourth-order valence-electron chi connectivity index (χ4n) is 4.48. The summed E-state index contributed by atoms with van der Waals surface area (Å²) in [5.74, 6) is 1.71. The van der Waals surface area contributed by atoms with Crippen LogP contribution < -0.4 is 21.3 Å². The molecule has 1 aliphatic carbocycles. The van der Waals surface area contributed by atoms with Gasteiger partial charge in [-0.2, -0.15) is 10.1 Å². The third-order valence-corrected chi connectivity index (χ3v) is 6.49. The number of nitrogens with zero attached hydrogens (tertiary/aromatic N) is 5. The lowest BCUT2D eigenvalue weighted by Crippen LogP contribution is -2.40. The van der Waals surface area contributed by atoms with Crippen LogP contribution in [0.2, 0.25) is 0 Å². The first-order valence-corrected chi connectivity index (χ1v) is 11.7. The normalized spacial score (nSPS) is 17.6. The van der Waals surface area contributed by atoms with Crippen LogP contribution in [-0.4, -0.2) is 49.2 Å². The zero-order valence-electron chi connectivity index (χ0n) is 18.9. The number of amides is 2. The first-order valence-electron chi connectivity index (χ1n) is 11.7. The summed E-state index contributed by atoms with van der Waals surface area (Å²) < 4.78 is 1.76. The lowest BCUT2D eigenvalue weighted by Gasteiger charge is -2.24. The number of rotatable bonds is 7. The second-order valence-corrected chi connectivity index (χ2v) is 8.99. The highest BCUT2D eigenvalue weighted by molar-refractivity contribution is 5.98. The minimum Gasteiger partial charge on any atom is -0.366 e. The van der Waals surface area contributed by atoms with Gasteiger partial charge in [0.25, 0.3) is 0 Å². The molecule has 5 N–H and O–H groups in total. The molecule has 4 heterocycles. The van der Waals surface area contributed by atoms with Gasteiger partial charge in [0.1, 0.15) is 11.6 Å². The molecule has 1 saturated carbocycles. The van der Waals surface area contributed by atoms with Crippen LogP contribution >= 0.6 is 0 Å². The number of hydrogen-bond donors (Lipinski definition) is 4. The minimum absolute atomic E-state index is 0.151. The van der Waals surface area contributed by atoms with Gasteiger partial charge in [-0.15, -0.1) is 5.10 Å². The second kappa shape index (κ2) is 8.42. The van der Waals surface area contributed by atoms with Gasteiger partial charge >= 0.3 is 0 Å². The van der Waals surface area contributed by atoms with Gasteiger partial charge in [-0.25, -0.2) is 4.52 Å². The molecule has 2 fully saturated rings. The van der Waals surface area contributed by atoms with Crippen LogP contribution in [0.1, 0.15) is 47.7 Å². The molecule has 35 heavy (non-hydrogen) atoms. The number of primary amides is 1. The Labute approximate surface area is 200 Å². The second-order valence-electron chi connectivity index (χ2n) is 8.99. The Morgan fingerprint density at radius 3 is 2.71 bits per heavy atom. The molecular weight excluding hydrogens is 446 g/mol. The summed E-state index contributed by atoms with van der Waals surface area (Å²) in [6.07, 6.45) is 5.77. The summed E-state index contributed by atoms with van der Waals surface area (Å²) in [5, 5.41) is 18.4. The molecular formula is C24H25N9O2. The van der Waals surface area contributed by atoms with Crippen molar-refractivity contribution < 1.29 is 9.59 Å². The Morgan fingerprint density at radius 2 is 1.94 bits per heavy atom. The zero-order valence-corrected chi connectivity index (χ0v) is 18.9. The fraction of sp³-hybridized carbons (Fsp3) is 0.292. The SMILES string of the molecule is NC(=O)c1ccc(NC(=O)C2CCCN2c2nc(Nc3cc(C4CC4)[nH]n3)c3cccn3n2)cc1. The highest BCUT2D eigenvalue weighted by Crippen LogP contribution is 2.39. The van der Waals surface area contributed by atoms with Gasteiger partial charge in [0.05, 0.1) is 0 Å². The van der Waals surface area contributed by atoms with E-state index in [0.29, 0.717) is 47.7 Å². The molecule has 1 unspecified atom stereocenters. The molecule has 1 atom stereocenters. The van der Waals surface area contributed by atoms with Crippen molar-refractivity contribution in [2.24, 2.45) is 5.73 Å². The number of benzene rings is 1. The topological polar surface area (TPSA) is 146 Å². The average Bonchev–Trinajstić information content (AvgIpc) is 3.24.